The third kappa shape index (κ3) is 2.58. The molecule has 110 valence electrons. The van der Waals surface area contributed by atoms with Crippen LogP contribution in [-0.4, -0.2) is 23.1 Å². The van der Waals surface area contributed by atoms with Gasteiger partial charge in [-0.1, -0.05) is 25.1 Å². The van der Waals surface area contributed by atoms with Crippen LogP contribution in [0.4, 0.5) is 17.3 Å². The van der Waals surface area contributed by atoms with E-state index in [0.717, 1.165) is 37.6 Å². The van der Waals surface area contributed by atoms with Crippen molar-refractivity contribution in [1.29, 1.82) is 0 Å². The van der Waals surface area contributed by atoms with Crippen molar-refractivity contribution in [2.75, 3.05) is 23.3 Å². The molecule has 0 atom stereocenters. The second kappa shape index (κ2) is 6.12. The molecule has 1 aliphatic heterocycles. The molecule has 0 amide bonds. The van der Waals surface area contributed by atoms with Gasteiger partial charge in [-0.2, -0.15) is 0 Å². The molecule has 4 nitrogen and oxygen atoms in total. The van der Waals surface area contributed by atoms with Gasteiger partial charge >= 0.3 is 0 Å². The molecule has 2 heterocycles. The number of fused-ring (bicyclic) bond motifs is 1. The highest BCUT2D eigenvalue weighted by Crippen LogP contribution is 2.35. The average molecular weight is 282 g/mol. The van der Waals surface area contributed by atoms with Crippen LogP contribution < -0.4 is 10.2 Å². The first kappa shape index (κ1) is 13.9. The Labute approximate surface area is 126 Å². The molecule has 1 aliphatic rings. The standard InChI is InChI=1S/C17H22N4/c1-3-14-16(18-4-2)19-12-20-17(14)21-11-7-9-13-8-5-6-10-15(13)21/h5-6,8,10,12H,3-4,7,9,11H2,1-2H3,(H,18,19,20). The first-order valence-electron chi connectivity index (χ1n) is 7.78. The molecule has 0 saturated carbocycles. The maximum absolute atomic E-state index is 4.59. The van der Waals surface area contributed by atoms with Crippen LogP contribution in [0.5, 0.6) is 0 Å². The van der Waals surface area contributed by atoms with Gasteiger partial charge in [-0.3, -0.25) is 0 Å². The molecule has 0 radical (unpaired) electrons. The predicted molar refractivity (Wildman–Crippen MR) is 87.3 cm³/mol. The molecule has 0 spiro atoms. The van der Waals surface area contributed by atoms with Crippen molar-refractivity contribution in [2.45, 2.75) is 33.1 Å². The van der Waals surface area contributed by atoms with Crippen LogP contribution in [-0.2, 0) is 12.8 Å². The van der Waals surface area contributed by atoms with Crippen LogP contribution in [0.2, 0.25) is 0 Å². The zero-order chi connectivity index (χ0) is 14.7. The Hall–Kier alpha value is -2.10. The summed E-state index contributed by atoms with van der Waals surface area (Å²) in [5.74, 6) is 2.02. The molecule has 0 fully saturated rings. The second-order valence-electron chi connectivity index (χ2n) is 5.29. The van der Waals surface area contributed by atoms with Gasteiger partial charge in [0.15, 0.2) is 0 Å². The first-order chi connectivity index (χ1) is 10.3. The summed E-state index contributed by atoms with van der Waals surface area (Å²) in [4.78, 5) is 11.3. The van der Waals surface area contributed by atoms with E-state index in [1.165, 1.54) is 23.2 Å². The van der Waals surface area contributed by atoms with Crippen molar-refractivity contribution >= 4 is 17.3 Å². The topological polar surface area (TPSA) is 41.1 Å². The van der Waals surface area contributed by atoms with E-state index in [4.69, 9.17) is 0 Å². The lowest BCUT2D eigenvalue weighted by Crippen LogP contribution is -2.26. The van der Waals surface area contributed by atoms with Crippen LogP contribution in [0.1, 0.15) is 31.4 Å². The van der Waals surface area contributed by atoms with Crippen LogP contribution >= 0.6 is 0 Å². The van der Waals surface area contributed by atoms with Crippen molar-refractivity contribution in [3.63, 3.8) is 0 Å². The Balaban J connectivity index is 2.07. The van der Waals surface area contributed by atoms with Gasteiger partial charge < -0.3 is 10.2 Å². The predicted octanol–water partition coefficient (Wildman–Crippen LogP) is 3.56. The fourth-order valence-electron chi connectivity index (χ4n) is 3.03. The lowest BCUT2D eigenvalue weighted by molar-refractivity contribution is 0.754. The van der Waals surface area contributed by atoms with E-state index in [1.54, 1.807) is 6.33 Å². The number of hydrogen-bond donors (Lipinski definition) is 1. The van der Waals surface area contributed by atoms with E-state index in [0.29, 0.717) is 0 Å². The minimum absolute atomic E-state index is 0.875. The number of benzene rings is 1. The second-order valence-corrected chi connectivity index (χ2v) is 5.29. The fraction of sp³-hybridized carbons (Fsp3) is 0.412. The van der Waals surface area contributed by atoms with Crippen LogP contribution in [0, 0.1) is 0 Å². The molecular weight excluding hydrogens is 260 g/mol. The molecule has 0 saturated heterocycles. The van der Waals surface area contributed by atoms with Gasteiger partial charge in [0.05, 0.1) is 0 Å². The Kier molecular flexibility index (Phi) is 4.04. The van der Waals surface area contributed by atoms with E-state index < -0.39 is 0 Å². The summed E-state index contributed by atoms with van der Waals surface area (Å²) < 4.78 is 0. The Morgan fingerprint density at radius 2 is 2.05 bits per heavy atom. The van der Waals surface area contributed by atoms with E-state index in [-0.39, 0.29) is 0 Å². The van der Waals surface area contributed by atoms with E-state index in [1.807, 2.05) is 0 Å². The molecule has 0 aliphatic carbocycles. The van der Waals surface area contributed by atoms with Crippen molar-refractivity contribution in [1.82, 2.24) is 9.97 Å². The molecule has 0 unspecified atom stereocenters. The minimum atomic E-state index is 0.875. The summed E-state index contributed by atoms with van der Waals surface area (Å²) >= 11 is 0. The number of nitrogens with one attached hydrogen (secondary N) is 1. The number of nitrogens with zero attached hydrogens (tertiary/aromatic N) is 3. The summed E-state index contributed by atoms with van der Waals surface area (Å²) in [7, 11) is 0. The minimum Gasteiger partial charge on any atom is -0.370 e. The average Bonchev–Trinajstić information content (AvgIpc) is 2.54. The summed E-state index contributed by atoms with van der Waals surface area (Å²) in [5, 5.41) is 3.35. The molecular formula is C17H22N4. The smallest absolute Gasteiger partial charge is 0.141 e. The zero-order valence-electron chi connectivity index (χ0n) is 12.8. The maximum Gasteiger partial charge on any atom is 0.141 e. The maximum atomic E-state index is 4.59. The Morgan fingerprint density at radius 1 is 1.19 bits per heavy atom. The van der Waals surface area contributed by atoms with Crippen molar-refractivity contribution < 1.29 is 0 Å². The van der Waals surface area contributed by atoms with E-state index in [2.05, 4.69) is 58.3 Å². The van der Waals surface area contributed by atoms with Gasteiger partial charge in [-0.15, -0.1) is 0 Å². The van der Waals surface area contributed by atoms with Gasteiger partial charge in [-0.25, -0.2) is 9.97 Å². The molecule has 4 heteroatoms. The molecule has 21 heavy (non-hydrogen) atoms. The fourth-order valence-corrected chi connectivity index (χ4v) is 3.03. The van der Waals surface area contributed by atoms with Gasteiger partial charge in [0.2, 0.25) is 0 Å². The highest BCUT2D eigenvalue weighted by molar-refractivity contribution is 5.70. The molecule has 3 rings (SSSR count). The van der Waals surface area contributed by atoms with Crippen LogP contribution in [0.3, 0.4) is 0 Å². The molecule has 0 bridgehead atoms. The highest BCUT2D eigenvalue weighted by atomic mass is 15.2. The molecule has 2 aromatic rings. The van der Waals surface area contributed by atoms with Crippen molar-refractivity contribution in [3.05, 3.63) is 41.7 Å². The van der Waals surface area contributed by atoms with E-state index >= 15 is 0 Å². The van der Waals surface area contributed by atoms with Gasteiger partial charge in [0, 0.05) is 24.3 Å². The lowest BCUT2D eigenvalue weighted by atomic mass is 10.0. The number of rotatable bonds is 4. The monoisotopic (exact) mass is 282 g/mol. The van der Waals surface area contributed by atoms with E-state index in [9.17, 15) is 0 Å². The molecule has 1 N–H and O–H groups in total. The zero-order valence-corrected chi connectivity index (χ0v) is 12.8. The van der Waals surface area contributed by atoms with Crippen molar-refractivity contribution in [2.24, 2.45) is 0 Å². The lowest BCUT2D eigenvalue weighted by Gasteiger charge is -2.32. The number of aryl methyl sites for hydroxylation is 1. The quantitative estimate of drug-likeness (QED) is 0.931. The van der Waals surface area contributed by atoms with Gasteiger partial charge in [-0.05, 0) is 37.8 Å². The Bertz CT molecular complexity index is 624. The molecule has 1 aromatic heterocycles. The molecule has 1 aromatic carbocycles. The summed E-state index contributed by atoms with van der Waals surface area (Å²) in [5.41, 5.74) is 3.91. The first-order valence-corrected chi connectivity index (χ1v) is 7.78. The normalized spacial score (nSPS) is 13.9. The van der Waals surface area contributed by atoms with Crippen LogP contribution in [0.15, 0.2) is 30.6 Å². The van der Waals surface area contributed by atoms with Gasteiger partial charge in [0.25, 0.3) is 0 Å². The summed E-state index contributed by atoms with van der Waals surface area (Å²) in [6.07, 6.45) is 4.92. The Morgan fingerprint density at radius 3 is 2.86 bits per heavy atom. The van der Waals surface area contributed by atoms with Crippen molar-refractivity contribution in [3.8, 4) is 0 Å². The summed E-state index contributed by atoms with van der Waals surface area (Å²) in [6, 6.07) is 8.64. The van der Waals surface area contributed by atoms with Gasteiger partial charge in [0.1, 0.15) is 18.0 Å². The third-order valence-corrected chi connectivity index (χ3v) is 3.99. The summed E-state index contributed by atoms with van der Waals surface area (Å²) in [6.45, 7) is 6.16. The number of aromatic nitrogens is 2. The third-order valence-electron chi connectivity index (χ3n) is 3.99. The largest absolute Gasteiger partial charge is 0.370 e. The number of anilines is 3. The van der Waals surface area contributed by atoms with Crippen LogP contribution in [0.25, 0.3) is 0 Å². The number of para-hydroxylation sites is 1. The number of hydrogen-bond acceptors (Lipinski definition) is 4. The SMILES string of the molecule is CCNc1ncnc(N2CCCc3ccccc32)c1CC. The highest BCUT2D eigenvalue weighted by Gasteiger charge is 2.22.